The summed E-state index contributed by atoms with van der Waals surface area (Å²) in [6, 6.07) is 0. The summed E-state index contributed by atoms with van der Waals surface area (Å²) < 4.78 is 2.18. The normalized spacial score (nSPS) is 10.6. The minimum atomic E-state index is 1.00. The summed E-state index contributed by atoms with van der Waals surface area (Å²) >= 11 is 0. The maximum atomic E-state index is 4.33. The molecule has 0 aliphatic heterocycles. The van der Waals surface area contributed by atoms with Crippen LogP contribution in [0, 0.1) is 0 Å². The van der Waals surface area contributed by atoms with Gasteiger partial charge in [-0.15, -0.1) is 0 Å². The summed E-state index contributed by atoms with van der Waals surface area (Å²) in [6.07, 6.45) is 7.58. The van der Waals surface area contributed by atoms with Crippen LogP contribution in [-0.2, 0) is 13.0 Å². The van der Waals surface area contributed by atoms with Crippen molar-refractivity contribution < 1.29 is 0 Å². The lowest BCUT2D eigenvalue weighted by atomic mass is 10.3. The first-order chi connectivity index (χ1) is 6.36. The van der Waals surface area contributed by atoms with Gasteiger partial charge in [0, 0.05) is 25.7 Å². The molecule has 0 amide bonds. The lowest BCUT2D eigenvalue weighted by Crippen LogP contribution is -2.10. The molecule has 13 heavy (non-hydrogen) atoms. The standard InChI is InChI=1S/C10H19N3/c1-3-4-7-13-8-10(12-9-13)5-6-11-2/h8-9,11H,3-7H2,1-2H3. The fraction of sp³-hybridized carbons (Fsp3) is 0.700. The molecule has 0 aliphatic rings. The smallest absolute Gasteiger partial charge is 0.0949 e. The molecule has 0 bridgehead atoms. The summed E-state index contributed by atoms with van der Waals surface area (Å²) in [4.78, 5) is 4.33. The zero-order valence-corrected chi connectivity index (χ0v) is 8.58. The predicted molar refractivity (Wildman–Crippen MR) is 54.8 cm³/mol. The number of aryl methyl sites for hydroxylation is 1. The number of nitrogens with zero attached hydrogens (tertiary/aromatic N) is 2. The highest BCUT2D eigenvalue weighted by Gasteiger charge is 1.96. The van der Waals surface area contributed by atoms with E-state index in [2.05, 4.69) is 28.0 Å². The van der Waals surface area contributed by atoms with Crippen molar-refractivity contribution in [3.63, 3.8) is 0 Å². The first-order valence-corrected chi connectivity index (χ1v) is 5.02. The molecule has 3 heteroatoms. The van der Waals surface area contributed by atoms with Gasteiger partial charge in [-0.05, 0) is 13.5 Å². The third-order valence-electron chi connectivity index (χ3n) is 2.09. The van der Waals surface area contributed by atoms with Gasteiger partial charge in [0.2, 0.25) is 0 Å². The third kappa shape index (κ3) is 3.59. The molecule has 0 fully saturated rings. The Morgan fingerprint density at radius 2 is 2.38 bits per heavy atom. The van der Waals surface area contributed by atoms with Crippen molar-refractivity contribution in [2.45, 2.75) is 32.7 Å². The van der Waals surface area contributed by atoms with Gasteiger partial charge in [-0.25, -0.2) is 4.98 Å². The van der Waals surface area contributed by atoms with E-state index >= 15 is 0 Å². The number of likely N-dealkylation sites (N-methyl/N-ethyl adjacent to an activating group) is 1. The Morgan fingerprint density at radius 3 is 3.08 bits per heavy atom. The molecule has 0 aromatic carbocycles. The van der Waals surface area contributed by atoms with Crippen molar-refractivity contribution in [1.82, 2.24) is 14.9 Å². The molecule has 0 aliphatic carbocycles. The number of hydrogen-bond acceptors (Lipinski definition) is 2. The van der Waals surface area contributed by atoms with Gasteiger partial charge in [0.25, 0.3) is 0 Å². The van der Waals surface area contributed by atoms with Crippen LogP contribution in [-0.4, -0.2) is 23.1 Å². The average molecular weight is 181 g/mol. The predicted octanol–water partition coefficient (Wildman–Crippen LogP) is 1.45. The molecule has 0 radical (unpaired) electrons. The Hall–Kier alpha value is -0.830. The molecular formula is C10H19N3. The Labute approximate surface area is 80.2 Å². The monoisotopic (exact) mass is 181 g/mol. The molecule has 3 nitrogen and oxygen atoms in total. The van der Waals surface area contributed by atoms with Crippen LogP contribution < -0.4 is 5.32 Å². The van der Waals surface area contributed by atoms with Crippen molar-refractivity contribution in [3.05, 3.63) is 18.2 Å². The van der Waals surface area contributed by atoms with Crippen LogP contribution in [0.3, 0.4) is 0 Å². The van der Waals surface area contributed by atoms with Crippen molar-refractivity contribution in [2.75, 3.05) is 13.6 Å². The Morgan fingerprint density at radius 1 is 1.54 bits per heavy atom. The van der Waals surface area contributed by atoms with Crippen LogP contribution in [0.25, 0.3) is 0 Å². The van der Waals surface area contributed by atoms with E-state index in [-0.39, 0.29) is 0 Å². The number of unbranched alkanes of at least 4 members (excludes halogenated alkanes) is 1. The second-order valence-corrected chi connectivity index (χ2v) is 3.31. The lowest BCUT2D eigenvalue weighted by molar-refractivity contribution is 0.630. The SMILES string of the molecule is CCCCn1cnc(CCNC)c1. The summed E-state index contributed by atoms with van der Waals surface area (Å²) in [5, 5.41) is 3.12. The fourth-order valence-corrected chi connectivity index (χ4v) is 1.25. The first kappa shape index (κ1) is 10.3. The van der Waals surface area contributed by atoms with E-state index in [1.54, 1.807) is 0 Å². The van der Waals surface area contributed by atoms with Crippen LogP contribution >= 0.6 is 0 Å². The average Bonchev–Trinajstić information content (AvgIpc) is 2.59. The van der Waals surface area contributed by atoms with E-state index in [9.17, 15) is 0 Å². The van der Waals surface area contributed by atoms with Crippen molar-refractivity contribution in [2.24, 2.45) is 0 Å². The maximum Gasteiger partial charge on any atom is 0.0949 e. The van der Waals surface area contributed by atoms with Crippen molar-refractivity contribution in [1.29, 1.82) is 0 Å². The highest BCUT2D eigenvalue weighted by atomic mass is 15.0. The highest BCUT2D eigenvalue weighted by Crippen LogP contribution is 1.99. The molecule has 0 saturated heterocycles. The number of aromatic nitrogens is 2. The molecule has 1 aromatic heterocycles. The Bertz CT molecular complexity index is 207. The van der Waals surface area contributed by atoms with Gasteiger partial charge in [-0.2, -0.15) is 0 Å². The van der Waals surface area contributed by atoms with E-state index in [4.69, 9.17) is 0 Å². The fourth-order valence-electron chi connectivity index (χ4n) is 1.25. The zero-order chi connectivity index (χ0) is 9.52. The van der Waals surface area contributed by atoms with Gasteiger partial charge in [0.05, 0.1) is 12.0 Å². The Balaban J connectivity index is 2.34. The van der Waals surface area contributed by atoms with E-state index in [0.717, 1.165) is 19.5 Å². The largest absolute Gasteiger partial charge is 0.337 e. The number of nitrogens with one attached hydrogen (secondary N) is 1. The molecule has 0 unspecified atom stereocenters. The van der Waals surface area contributed by atoms with Gasteiger partial charge in [-0.1, -0.05) is 13.3 Å². The van der Waals surface area contributed by atoms with Crippen LogP contribution in [0.1, 0.15) is 25.5 Å². The molecule has 1 heterocycles. The maximum absolute atomic E-state index is 4.33. The molecule has 0 saturated carbocycles. The summed E-state index contributed by atoms with van der Waals surface area (Å²) in [5.41, 5.74) is 1.19. The molecular weight excluding hydrogens is 162 g/mol. The minimum Gasteiger partial charge on any atom is -0.337 e. The molecule has 0 atom stereocenters. The van der Waals surface area contributed by atoms with Gasteiger partial charge in [0.1, 0.15) is 0 Å². The van der Waals surface area contributed by atoms with E-state index in [0.29, 0.717) is 0 Å². The van der Waals surface area contributed by atoms with Crippen LogP contribution in [0.2, 0.25) is 0 Å². The van der Waals surface area contributed by atoms with Crippen LogP contribution in [0.5, 0.6) is 0 Å². The summed E-state index contributed by atoms with van der Waals surface area (Å²) in [6.45, 7) is 4.31. The second-order valence-electron chi connectivity index (χ2n) is 3.31. The van der Waals surface area contributed by atoms with E-state index < -0.39 is 0 Å². The number of hydrogen-bond donors (Lipinski definition) is 1. The Kier molecular flexibility index (Phi) is 4.54. The highest BCUT2D eigenvalue weighted by molar-refractivity contribution is 4.97. The van der Waals surface area contributed by atoms with Crippen molar-refractivity contribution in [3.8, 4) is 0 Å². The van der Waals surface area contributed by atoms with Crippen LogP contribution in [0.15, 0.2) is 12.5 Å². The van der Waals surface area contributed by atoms with Gasteiger partial charge >= 0.3 is 0 Å². The molecule has 1 rings (SSSR count). The summed E-state index contributed by atoms with van der Waals surface area (Å²) in [7, 11) is 1.97. The lowest BCUT2D eigenvalue weighted by Gasteiger charge is -1.98. The van der Waals surface area contributed by atoms with E-state index in [1.807, 2.05) is 13.4 Å². The molecule has 1 aromatic rings. The topological polar surface area (TPSA) is 29.9 Å². The van der Waals surface area contributed by atoms with Gasteiger partial charge < -0.3 is 9.88 Å². The van der Waals surface area contributed by atoms with E-state index in [1.165, 1.54) is 18.5 Å². The molecule has 74 valence electrons. The van der Waals surface area contributed by atoms with Crippen molar-refractivity contribution >= 4 is 0 Å². The first-order valence-electron chi connectivity index (χ1n) is 5.02. The number of imidazole rings is 1. The quantitative estimate of drug-likeness (QED) is 0.719. The molecule has 0 spiro atoms. The minimum absolute atomic E-state index is 1.00. The van der Waals surface area contributed by atoms with Crippen LogP contribution in [0.4, 0.5) is 0 Å². The zero-order valence-electron chi connectivity index (χ0n) is 8.58. The second kappa shape index (κ2) is 5.75. The van der Waals surface area contributed by atoms with Gasteiger partial charge in [0.15, 0.2) is 0 Å². The molecule has 1 N–H and O–H groups in total. The van der Waals surface area contributed by atoms with Gasteiger partial charge in [-0.3, -0.25) is 0 Å². The number of rotatable bonds is 6. The summed E-state index contributed by atoms with van der Waals surface area (Å²) in [5.74, 6) is 0. The third-order valence-corrected chi connectivity index (χ3v) is 2.09.